The Morgan fingerprint density at radius 2 is 1.84 bits per heavy atom. The number of aryl methyl sites for hydroxylation is 1. The Balaban J connectivity index is 1.45. The molecule has 1 amide bonds. The summed E-state index contributed by atoms with van der Waals surface area (Å²) < 4.78 is 0. The zero-order chi connectivity index (χ0) is 21.2. The van der Waals surface area contributed by atoms with Crippen molar-refractivity contribution >= 4 is 27.8 Å². The summed E-state index contributed by atoms with van der Waals surface area (Å²) in [4.78, 5) is 23.9. The average molecular weight is 409 g/mol. The zero-order valence-corrected chi connectivity index (χ0v) is 17.4. The molecule has 0 radical (unpaired) electrons. The van der Waals surface area contributed by atoms with Crippen LogP contribution in [0.4, 0.5) is 0 Å². The third kappa shape index (κ3) is 3.70. The molecule has 5 aromatic rings. The molecule has 1 atom stereocenters. The van der Waals surface area contributed by atoms with E-state index in [1.54, 1.807) is 6.33 Å². The minimum atomic E-state index is -0.238. The molecule has 0 spiro atoms. The van der Waals surface area contributed by atoms with Gasteiger partial charge in [0, 0.05) is 17.1 Å². The Hall–Kier alpha value is -3.86. The number of imidazole rings is 1. The summed E-state index contributed by atoms with van der Waals surface area (Å²) >= 11 is 0. The maximum absolute atomic E-state index is 13.1. The van der Waals surface area contributed by atoms with Crippen molar-refractivity contribution in [1.82, 2.24) is 20.3 Å². The topological polar surface area (TPSA) is 73.6 Å². The number of carbonyl (C=O) groups is 1. The number of hydrogen-bond donors (Lipinski definition) is 3. The lowest BCUT2D eigenvalue weighted by atomic mass is 9.97. The van der Waals surface area contributed by atoms with E-state index >= 15 is 0 Å². The molecule has 5 heteroatoms. The summed E-state index contributed by atoms with van der Waals surface area (Å²) in [5.41, 5.74) is 7.32. The normalized spacial score (nSPS) is 12.3. The molecule has 2 heterocycles. The monoisotopic (exact) mass is 408 g/mol. The molecule has 31 heavy (non-hydrogen) atoms. The second kappa shape index (κ2) is 8.11. The fraction of sp³-hybridized carbons (Fsp3) is 0.154. The van der Waals surface area contributed by atoms with Gasteiger partial charge >= 0.3 is 0 Å². The first-order valence-electron chi connectivity index (χ1n) is 10.6. The number of aromatic amines is 2. The molecule has 0 aliphatic heterocycles. The van der Waals surface area contributed by atoms with Gasteiger partial charge in [-0.05, 0) is 40.8 Å². The summed E-state index contributed by atoms with van der Waals surface area (Å²) in [5, 5.41) is 4.37. The highest BCUT2D eigenvalue weighted by Crippen LogP contribution is 2.26. The van der Waals surface area contributed by atoms with Crippen molar-refractivity contribution < 1.29 is 4.79 Å². The van der Waals surface area contributed by atoms with Gasteiger partial charge in [-0.2, -0.15) is 0 Å². The highest BCUT2D eigenvalue weighted by Gasteiger charge is 2.19. The van der Waals surface area contributed by atoms with Crippen LogP contribution in [0.5, 0.6) is 0 Å². The molecular formula is C26H24N4O. The molecule has 1 unspecified atom stereocenters. The number of nitrogens with zero attached hydrogens (tertiary/aromatic N) is 1. The first kappa shape index (κ1) is 19.1. The van der Waals surface area contributed by atoms with Crippen LogP contribution in [-0.2, 0) is 17.6 Å². The van der Waals surface area contributed by atoms with Gasteiger partial charge in [-0.1, -0.05) is 61.5 Å². The van der Waals surface area contributed by atoms with Crippen molar-refractivity contribution in [1.29, 1.82) is 0 Å². The number of hydrogen-bond acceptors (Lipinski definition) is 2. The van der Waals surface area contributed by atoms with Crippen LogP contribution in [0.25, 0.3) is 21.9 Å². The van der Waals surface area contributed by atoms with Gasteiger partial charge in [-0.15, -0.1) is 0 Å². The SMILES string of the molecule is CCc1cccc2c(CC(=O)NC(c3ccccc3)c3ccc4nc[nH]c4c3)c[nH]c12. The quantitative estimate of drug-likeness (QED) is 0.368. The summed E-state index contributed by atoms with van der Waals surface area (Å²) in [5.74, 6) is -0.0126. The molecule has 0 aliphatic rings. The molecule has 3 N–H and O–H groups in total. The Morgan fingerprint density at radius 3 is 2.68 bits per heavy atom. The van der Waals surface area contributed by atoms with E-state index in [2.05, 4.69) is 51.5 Å². The van der Waals surface area contributed by atoms with Crippen LogP contribution in [0.2, 0.25) is 0 Å². The third-order valence-corrected chi connectivity index (χ3v) is 5.84. The van der Waals surface area contributed by atoms with Gasteiger partial charge in [-0.3, -0.25) is 4.79 Å². The Morgan fingerprint density at radius 1 is 0.968 bits per heavy atom. The van der Waals surface area contributed by atoms with Crippen LogP contribution in [0.3, 0.4) is 0 Å². The number of fused-ring (bicyclic) bond motifs is 2. The number of carbonyl (C=O) groups excluding carboxylic acids is 1. The molecule has 0 fully saturated rings. The molecule has 0 bridgehead atoms. The van der Waals surface area contributed by atoms with E-state index in [0.717, 1.165) is 45.0 Å². The van der Waals surface area contributed by atoms with E-state index in [4.69, 9.17) is 0 Å². The van der Waals surface area contributed by atoms with E-state index in [9.17, 15) is 4.79 Å². The van der Waals surface area contributed by atoms with Gasteiger partial charge in [0.1, 0.15) is 0 Å². The summed E-state index contributed by atoms with van der Waals surface area (Å²) in [6.07, 6.45) is 4.92. The second-order valence-corrected chi connectivity index (χ2v) is 7.77. The lowest BCUT2D eigenvalue weighted by molar-refractivity contribution is -0.120. The van der Waals surface area contributed by atoms with E-state index in [-0.39, 0.29) is 11.9 Å². The second-order valence-electron chi connectivity index (χ2n) is 7.77. The minimum Gasteiger partial charge on any atom is -0.361 e. The number of para-hydroxylation sites is 1. The maximum atomic E-state index is 13.1. The zero-order valence-electron chi connectivity index (χ0n) is 17.4. The number of aromatic nitrogens is 3. The van der Waals surface area contributed by atoms with Crippen molar-refractivity contribution in [2.45, 2.75) is 25.8 Å². The van der Waals surface area contributed by atoms with E-state index in [1.807, 2.05) is 48.7 Å². The van der Waals surface area contributed by atoms with Crippen LogP contribution in [0, 0.1) is 0 Å². The molecule has 2 aromatic heterocycles. The molecular weight excluding hydrogens is 384 g/mol. The van der Waals surface area contributed by atoms with Gasteiger partial charge in [0.05, 0.1) is 29.8 Å². The van der Waals surface area contributed by atoms with Gasteiger partial charge < -0.3 is 15.3 Å². The number of amides is 1. The Labute approximate surface area is 180 Å². The maximum Gasteiger partial charge on any atom is 0.225 e. The first-order valence-corrected chi connectivity index (χ1v) is 10.6. The number of nitrogens with one attached hydrogen (secondary N) is 3. The lowest BCUT2D eigenvalue weighted by Gasteiger charge is -2.20. The van der Waals surface area contributed by atoms with Crippen LogP contribution in [-0.4, -0.2) is 20.9 Å². The fourth-order valence-corrected chi connectivity index (χ4v) is 4.24. The number of rotatable bonds is 6. The number of H-pyrrole nitrogens is 2. The summed E-state index contributed by atoms with van der Waals surface area (Å²) in [7, 11) is 0. The minimum absolute atomic E-state index is 0.0126. The third-order valence-electron chi connectivity index (χ3n) is 5.84. The van der Waals surface area contributed by atoms with Crippen molar-refractivity contribution in [2.75, 3.05) is 0 Å². The van der Waals surface area contributed by atoms with E-state index in [1.165, 1.54) is 5.56 Å². The fourth-order valence-electron chi connectivity index (χ4n) is 4.24. The van der Waals surface area contributed by atoms with E-state index < -0.39 is 0 Å². The Bertz CT molecular complexity index is 1350. The van der Waals surface area contributed by atoms with Crippen molar-refractivity contribution in [2.24, 2.45) is 0 Å². The van der Waals surface area contributed by atoms with Crippen molar-refractivity contribution in [3.8, 4) is 0 Å². The van der Waals surface area contributed by atoms with Gasteiger partial charge in [0.2, 0.25) is 5.91 Å². The summed E-state index contributed by atoms with van der Waals surface area (Å²) in [6.45, 7) is 2.14. The van der Waals surface area contributed by atoms with Crippen molar-refractivity contribution in [3.05, 3.63) is 102 Å². The highest BCUT2D eigenvalue weighted by atomic mass is 16.1. The predicted octanol–water partition coefficient (Wildman–Crippen LogP) is 5.05. The van der Waals surface area contributed by atoms with Gasteiger partial charge in [-0.25, -0.2) is 4.98 Å². The summed E-state index contributed by atoms with van der Waals surface area (Å²) in [6, 6.07) is 22.1. The first-order chi connectivity index (χ1) is 15.2. The van der Waals surface area contributed by atoms with Crippen LogP contribution >= 0.6 is 0 Å². The molecule has 3 aromatic carbocycles. The van der Waals surface area contributed by atoms with Gasteiger partial charge in [0.15, 0.2) is 0 Å². The molecule has 0 aliphatic carbocycles. The standard InChI is InChI=1S/C26H24N4O/c1-2-17-9-6-10-21-20(15-27-26(17)21)14-24(31)30-25(18-7-4-3-5-8-18)19-11-12-22-23(13-19)29-16-28-22/h3-13,15-16,25,27H,2,14H2,1H3,(H,28,29)(H,30,31). The van der Waals surface area contributed by atoms with E-state index in [0.29, 0.717) is 6.42 Å². The van der Waals surface area contributed by atoms with Crippen LogP contribution in [0.15, 0.2) is 79.3 Å². The van der Waals surface area contributed by atoms with Crippen LogP contribution in [0.1, 0.15) is 35.2 Å². The predicted molar refractivity (Wildman–Crippen MR) is 124 cm³/mol. The number of benzene rings is 3. The van der Waals surface area contributed by atoms with Crippen LogP contribution < -0.4 is 5.32 Å². The lowest BCUT2D eigenvalue weighted by Crippen LogP contribution is -2.30. The molecule has 154 valence electrons. The molecule has 5 nitrogen and oxygen atoms in total. The van der Waals surface area contributed by atoms with Crippen molar-refractivity contribution in [3.63, 3.8) is 0 Å². The molecule has 5 rings (SSSR count). The highest BCUT2D eigenvalue weighted by molar-refractivity contribution is 5.91. The molecule has 0 saturated heterocycles. The smallest absolute Gasteiger partial charge is 0.225 e. The largest absolute Gasteiger partial charge is 0.361 e. The van der Waals surface area contributed by atoms with Gasteiger partial charge in [0.25, 0.3) is 0 Å². The molecule has 0 saturated carbocycles. The Kier molecular flexibility index (Phi) is 5.00. The average Bonchev–Trinajstić information content (AvgIpc) is 3.44.